The van der Waals surface area contributed by atoms with E-state index in [0.29, 0.717) is 11.3 Å². The van der Waals surface area contributed by atoms with E-state index in [1.807, 2.05) is 6.92 Å². The van der Waals surface area contributed by atoms with Gasteiger partial charge in [0.25, 0.3) is 0 Å². The Labute approximate surface area is 134 Å². The number of allylic oxidation sites excluding steroid dienone is 1. The standard InChI is InChI=1S/C20H30O2/c1-13-11-20-10-7-15-18(2,16(20)6-5-14(13)12-20)8-4-9-19(15,3)17(21)22/h14-16H,1,4-12H2,2-3H3,(H,21,22)/t14?,15?,16?,18-,19-,20?/m1/s1. The second kappa shape index (κ2) is 4.39. The summed E-state index contributed by atoms with van der Waals surface area (Å²) < 4.78 is 0. The summed E-state index contributed by atoms with van der Waals surface area (Å²) in [5.41, 5.74) is 1.71. The number of carboxylic acid groups (broad SMARTS) is 1. The quantitative estimate of drug-likeness (QED) is 0.689. The minimum Gasteiger partial charge on any atom is -0.481 e. The highest BCUT2D eigenvalue weighted by Crippen LogP contribution is 2.72. The van der Waals surface area contributed by atoms with Crippen LogP contribution in [0.4, 0.5) is 0 Å². The fourth-order valence-electron chi connectivity index (χ4n) is 7.61. The van der Waals surface area contributed by atoms with Gasteiger partial charge in [-0.2, -0.15) is 0 Å². The molecule has 4 fully saturated rings. The van der Waals surface area contributed by atoms with E-state index >= 15 is 0 Å². The first-order valence-corrected chi connectivity index (χ1v) is 9.23. The number of rotatable bonds is 1. The Hall–Kier alpha value is -0.790. The van der Waals surface area contributed by atoms with Crippen LogP contribution in [0.25, 0.3) is 0 Å². The lowest BCUT2D eigenvalue weighted by Gasteiger charge is -2.63. The molecule has 4 unspecified atom stereocenters. The van der Waals surface area contributed by atoms with Gasteiger partial charge in [0.15, 0.2) is 0 Å². The first kappa shape index (κ1) is 14.8. The van der Waals surface area contributed by atoms with Gasteiger partial charge < -0.3 is 5.11 Å². The number of hydrogen-bond acceptors (Lipinski definition) is 1. The Bertz CT molecular complexity index is 538. The monoisotopic (exact) mass is 302 g/mol. The summed E-state index contributed by atoms with van der Waals surface area (Å²) in [7, 11) is 0. The molecule has 0 amide bonds. The summed E-state index contributed by atoms with van der Waals surface area (Å²) in [6, 6.07) is 0. The van der Waals surface area contributed by atoms with E-state index in [1.165, 1.54) is 44.1 Å². The second-order valence-electron chi connectivity index (χ2n) is 9.40. The molecule has 22 heavy (non-hydrogen) atoms. The van der Waals surface area contributed by atoms with Crippen molar-refractivity contribution in [3.05, 3.63) is 12.2 Å². The third-order valence-electron chi connectivity index (χ3n) is 8.54. The third kappa shape index (κ3) is 1.65. The van der Waals surface area contributed by atoms with Crippen molar-refractivity contribution >= 4 is 5.97 Å². The molecule has 1 spiro atoms. The zero-order valence-corrected chi connectivity index (χ0v) is 14.2. The number of aliphatic carboxylic acids is 1. The molecule has 0 radical (unpaired) electrons. The third-order valence-corrected chi connectivity index (χ3v) is 8.54. The van der Waals surface area contributed by atoms with E-state index in [9.17, 15) is 9.90 Å². The summed E-state index contributed by atoms with van der Waals surface area (Å²) in [5.74, 6) is 1.32. The lowest BCUT2D eigenvalue weighted by molar-refractivity contribution is -0.181. The van der Waals surface area contributed by atoms with Gasteiger partial charge in [0, 0.05) is 0 Å². The first-order chi connectivity index (χ1) is 10.3. The number of carboxylic acids is 1. The van der Waals surface area contributed by atoms with Crippen molar-refractivity contribution < 1.29 is 9.90 Å². The zero-order chi connectivity index (χ0) is 15.8. The highest BCUT2D eigenvalue weighted by atomic mass is 16.4. The van der Waals surface area contributed by atoms with Gasteiger partial charge in [-0.15, -0.1) is 0 Å². The van der Waals surface area contributed by atoms with Crippen LogP contribution in [0.3, 0.4) is 0 Å². The van der Waals surface area contributed by atoms with Crippen LogP contribution in [0.15, 0.2) is 12.2 Å². The largest absolute Gasteiger partial charge is 0.481 e. The molecule has 0 aliphatic heterocycles. The van der Waals surface area contributed by atoms with Crippen LogP contribution in [0, 0.1) is 34.0 Å². The molecule has 4 saturated carbocycles. The number of carbonyl (C=O) groups is 1. The summed E-state index contributed by atoms with van der Waals surface area (Å²) >= 11 is 0. The predicted octanol–water partition coefficient (Wildman–Crippen LogP) is 5.04. The van der Waals surface area contributed by atoms with Gasteiger partial charge in [0.1, 0.15) is 0 Å². The molecular weight excluding hydrogens is 272 g/mol. The van der Waals surface area contributed by atoms with Crippen molar-refractivity contribution in [2.24, 2.45) is 34.0 Å². The van der Waals surface area contributed by atoms with Crippen molar-refractivity contribution in [2.45, 2.75) is 71.6 Å². The van der Waals surface area contributed by atoms with Crippen LogP contribution in [-0.4, -0.2) is 11.1 Å². The highest BCUT2D eigenvalue weighted by molar-refractivity contribution is 5.75. The summed E-state index contributed by atoms with van der Waals surface area (Å²) in [4.78, 5) is 12.0. The van der Waals surface area contributed by atoms with Crippen LogP contribution >= 0.6 is 0 Å². The summed E-state index contributed by atoms with van der Waals surface area (Å²) in [6.07, 6.45) is 10.8. The van der Waals surface area contributed by atoms with Gasteiger partial charge in [-0.05, 0) is 86.9 Å². The number of fused-ring (bicyclic) bond motifs is 3. The normalized spacial score (nSPS) is 53.7. The molecule has 0 heterocycles. The van der Waals surface area contributed by atoms with Crippen molar-refractivity contribution in [3.63, 3.8) is 0 Å². The van der Waals surface area contributed by atoms with Gasteiger partial charge in [0.2, 0.25) is 0 Å². The van der Waals surface area contributed by atoms with Crippen molar-refractivity contribution in [3.8, 4) is 0 Å². The van der Waals surface area contributed by atoms with Gasteiger partial charge in [-0.1, -0.05) is 25.5 Å². The minimum atomic E-state index is -0.552. The molecule has 1 N–H and O–H groups in total. The molecule has 6 atom stereocenters. The Balaban J connectivity index is 1.75. The first-order valence-electron chi connectivity index (χ1n) is 9.23. The molecule has 0 aromatic heterocycles. The van der Waals surface area contributed by atoms with E-state index in [-0.39, 0.29) is 5.41 Å². The SMILES string of the molecule is C=C1CC23CCC4[C@@](C)(CCC[C@@]4(C)C(=O)O)C2CCC1C3. The lowest BCUT2D eigenvalue weighted by atomic mass is 9.41. The Morgan fingerprint density at radius 1 is 1.14 bits per heavy atom. The van der Waals surface area contributed by atoms with Crippen molar-refractivity contribution in [2.75, 3.05) is 0 Å². The topological polar surface area (TPSA) is 37.3 Å². The lowest BCUT2D eigenvalue weighted by Crippen LogP contribution is -2.58. The average molecular weight is 302 g/mol. The van der Waals surface area contributed by atoms with Crippen LogP contribution in [-0.2, 0) is 4.79 Å². The van der Waals surface area contributed by atoms with Crippen molar-refractivity contribution in [1.29, 1.82) is 0 Å². The Kier molecular flexibility index (Phi) is 2.95. The molecule has 2 bridgehead atoms. The molecule has 4 aliphatic rings. The van der Waals surface area contributed by atoms with Gasteiger partial charge in [-0.3, -0.25) is 4.79 Å². The van der Waals surface area contributed by atoms with Crippen LogP contribution in [0.5, 0.6) is 0 Å². The van der Waals surface area contributed by atoms with E-state index in [4.69, 9.17) is 0 Å². The molecule has 2 nitrogen and oxygen atoms in total. The highest BCUT2D eigenvalue weighted by Gasteiger charge is 2.64. The Morgan fingerprint density at radius 2 is 1.91 bits per heavy atom. The van der Waals surface area contributed by atoms with Crippen LogP contribution < -0.4 is 0 Å². The second-order valence-corrected chi connectivity index (χ2v) is 9.40. The van der Waals surface area contributed by atoms with E-state index in [0.717, 1.165) is 31.1 Å². The molecule has 4 aliphatic carbocycles. The fourth-order valence-corrected chi connectivity index (χ4v) is 7.61. The van der Waals surface area contributed by atoms with Gasteiger partial charge in [-0.25, -0.2) is 0 Å². The average Bonchev–Trinajstić information content (AvgIpc) is 2.68. The van der Waals surface area contributed by atoms with Crippen LogP contribution in [0.1, 0.15) is 71.6 Å². The predicted molar refractivity (Wildman–Crippen MR) is 87.4 cm³/mol. The Morgan fingerprint density at radius 3 is 2.64 bits per heavy atom. The fraction of sp³-hybridized carbons (Fsp3) is 0.850. The molecule has 4 rings (SSSR count). The maximum Gasteiger partial charge on any atom is 0.309 e. The number of hydrogen-bond donors (Lipinski definition) is 1. The zero-order valence-electron chi connectivity index (χ0n) is 14.2. The van der Waals surface area contributed by atoms with Crippen molar-refractivity contribution in [1.82, 2.24) is 0 Å². The minimum absolute atomic E-state index is 0.235. The maximum absolute atomic E-state index is 12.0. The molecule has 0 aromatic rings. The van der Waals surface area contributed by atoms with Gasteiger partial charge >= 0.3 is 5.97 Å². The maximum atomic E-state index is 12.0. The molecule has 0 aromatic carbocycles. The molecule has 2 heteroatoms. The molecule has 0 saturated heterocycles. The van der Waals surface area contributed by atoms with Gasteiger partial charge in [0.05, 0.1) is 5.41 Å². The molecule has 122 valence electrons. The summed E-state index contributed by atoms with van der Waals surface area (Å²) in [6.45, 7) is 8.86. The van der Waals surface area contributed by atoms with E-state index in [2.05, 4.69) is 13.5 Å². The van der Waals surface area contributed by atoms with E-state index in [1.54, 1.807) is 0 Å². The smallest absolute Gasteiger partial charge is 0.309 e. The molecular formula is C20H30O2. The summed E-state index contributed by atoms with van der Waals surface area (Å²) in [5, 5.41) is 9.90. The van der Waals surface area contributed by atoms with E-state index < -0.39 is 11.4 Å². The van der Waals surface area contributed by atoms with Crippen LogP contribution in [0.2, 0.25) is 0 Å².